The van der Waals surface area contributed by atoms with Crippen molar-refractivity contribution >= 4 is 5.57 Å². The van der Waals surface area contributed by atoms with Crippen LogP contribution in [0.1, 0.15) is 31.9 Å². The van der Waals surface area contributed by atoms with Crippen LogP contribution in [0.4, 0.5) is 0 Å². The van der Waals surface area contributed by atoms with E-state index in [4.69, 9.17) is 0 Å². The summed E-state index contributed by atoms with van der Waals surface area (Å²) in [6, 6.07) is 8.68. The molecule has 0 unspecified atom stereocenters. The van der Waals surface area contributed by atoms with Crippen LogP contribution in [-0.2, 0) is 5.41 Å². The molecule has 0 saturated heterocycles. The molecule has 1 aromatic carbocycles. The van der Waals surface area contributed by atoms with Crippen LogP contribution in [0.15, 0.2) is 42.1 Å². The number of nitrogens with one attached hydrogen (secondary N) is 1. The molecule has 1 heteroatoms. The first kappa shape index (κ1) is 11.0. The highest BCUT2D eigenvalue weighted by Crippen LogP contribution is 2.48. The average Bonchev–Trinajstić information content (AvgIpc) is 2.49. The SMILES string of the molecule is C/C=C1\C(=C/NC)C(C)(C)c2ccccc21. The Morgan fingerprint density at radius 3 is 2.50 bits per heavy atom. The number of hydrogen-bond donors (Lipinski definition) is 1. The zero-order chi connectivity index (χ0) is 11.8. The van der Waals surface area contributed by atoms with Crippen molar-refractivity contribution < 1.29 is 0 Å². The maximum absolute atomic E-state index is 3.16. The molecule has 1 aliphatic rings. The molecular weight excluding hydrogens is 194 g/mol. The molecule has 1 aromatic rings. The predicted octanol–water partition coefficient (Wildman–Crippen LogP) is 3.48. The van der Waals surface area contributed by atoms with E-state index in [-0.39, 0.29) is 5.41 Å². The highest BCUT2D eigenvalue weighted by Gasteiger charge is 2.37. The van der Waals surface area contributed by atoms with Crippen molar-refractivity contribution in [2.75, 3.05) is 7.05 Å². The van der Waals surface area contributed by atoms with Gasteiger partial charge in [-0.25, -0.2) is 0 Å². The van der Waals surface area contributed by atoms with E-state index in [1.54, 1.807) is 0 Å². The van der Waals surface area contributed by atoms with E-state index in [0.29, 0.717) is 0 Å². The number of benzene rings is 1. The zero-order valence-corrected chi connectivity index (χ0v) is 10.5. The summed E-state index contributed by atoms with van der Waals surface area (Å²) in [5, 5.41) is 3.16. The molecule has 2 rings (SSSR count). The van der Waals surface area contributed by atoms with Crippen LogP contribution in [0.5, 0.6) is 0 Å². The molecule has 0 heterocycles. The predicted molar refractivity (Wildman–Crippen MR) is 70.3 cm³/mol. The monoisotopic (exact) mass is 213 g/mol. The molecule has 1 nitrogen and oxygen atoms in total. The minimum atomic E-state index is 0.0987. The number of fused-ring (bicyclic) bond motifs is 1. The second-order valence-corrected chi connectivity index (χ2v) is 4.72. The maximum atomic E-state index is 3.16. The van der Waals surface area contributed by atoms with Gasteiger partial charge in [-0.2, -0.15) is 0 Å². The van der Waals surface area contributed by atoms with Gasteiger partial charge in [0.25, 0.3) is 0 Å². The van der Waals surface area contributed by atoms with E-state index in [1.165, 1.54) is 22.3 Å². The molecular formula is C15H19N. The van der Waals surface area contributed by atoms with E-state index < -0.39 is 0 Å². The lowest BCUT2D eigenvalue weighted by molar-refractivity contribution is 0.655. The maximum Gasteiger partial charge on any atom is 0.0172 e. The van der Waals surface area contributed by atoms with Crippen molar-refractivity contribution in [3.05, 3.63) is 53.2 Å². The smallest absolute Gasteiger partial charge is 0.0172 e. The third kappa shape index (κ3) is 1.39. The molecule has 0 aromatic heterocycles. The minimum absolute atomic E-state index is 0.0987. The lowest BCUT2D eigenvalue weighted by atomic mass is 9.82. The molecule has 16 heavy (non-hydrogen) atoms. The quantitative estimate of drug-likeness (QED) is 0.753. The van der Waals surface area contributed by atoms with Gasteiger partial charge in [-0.15, -0.1) is 0 Å². The van der Waals surface area contributed by atoms with Gasteiger partial charge in [-0.3, -0.25) is 0 Å². The molecule has 0 aliphatic heterocycles. The zero-order valence-electron chi connectivity index (χ0n) is 10.5. The van der Waals surface area contributed by atoms with Gasteiger partial charge in [-0.05, 0) is 29.2 Å². The van der Waals surface area contributed by atoms with Crippen molar-refractivity contribution in [2.45, 2.75) is 26.2 Å². The Bertz CT molecular complexity index is 464. The van der Waals surface area contributed by atoms with Crippen molar-refractivity contribution in [3.8, 4) is 0 Å². The molecule has 1 N–H and O–H groups in total. The molecule has 0 radical (unpaired) electrons. The highest BCUT2D eigenvalue weighted by atomic mass is 14.8. The van der Waals surface area contributed by atoms with Crippen molar-refractivity contribution in [3.63, 3.8) is 0 Å². The molecule has 0 fully saturated rings. The molecule has 0 amide bonds. The first-order valence-corrected chi connectivity index (χ1v) is 5.77. The van der Waals surface area contributed by atoms with Crippen LogP contribution in [0, 0.1) is 0 Å². The molecule has 84 valence electrons. The van der Waals surface area contributed by atoms with Crippen LogP contribution in [0.25, 0.3) is 5.57 Å². The first-order valence-electron chi connectivity index (χ1n) is 5.77. The van der Waals surface area contributed by atoms with Gasteiger partial charge in [0.1, 0.15) is 0 Å². The van der Waals surface area contributed by atoms with Crippen LogP contribution in [0.2, 0.25) is 0 Å². The summed E-state index contributed by atoms with van der Waals surface area (Å²) in [7, 11) is 1.96. The Hall–Kier alpha value is -1.50. The van der Waals surface area contributed by atoms with Crippen molar-refractivity contribution in [1.29, 1.82) is 0 Å². The minimum Gasteiger partial charge on any atom is -0.394 e. The lowest BCUT2D eigenvalue weighted by Crippen LogP contribution is -2.16. The number of allylic oxidation sites excluding steroid dienone is 3. The van der Waals surface area contributed by atoms with Gasteiger partial charge in [0.2, 0.25) is 0 Å². The van der Waals surface area contributed by atoms with Gasteiger partial charge >= 0.3 is 0 Å². The summed E-state index contributed by atoms with van der Waals surface area (Å²) in [5.74, 6) is 0. The fourth-order valence-corrected chi connectivity index (χ4v) is 2.60. The topological polar surface area (TPSA) is 12.0 Å². The standard InChI is InChI=1S/C15H19N/c1-5-11-12-8-6-7-9-13(12)15(2,3)14(11)10-16-4/h5-10,16H,1-4H3/b11-5-,14-10+. The van der Waals surface area contributed by atoms with Crippen LogP contribution < -0.4 is 5.32 Å². The third-order valence-electron chi connectivity index (χ3n) is 3.43. The summed E-state index contributed by atoms with van der Waals surface area (Å²) >= 11 is 0. The highest BCUT2D eigenvalue weighted by molar-refractivity contribution is 5.89. The van der Waals surface area contributed by atoms with Crippen molar-refractivity contribution in [1.82, 2.24) is 5.32 Å². The van der Waals surface area contributed by atoms with Gasteiger partial charge in [-0.1, -0.05) is 44.2 Å². The van der Waals surface area contributed by atoms with E-state index in [9.17, 15) is 0 Å². The largest absolute Gasteiger partial charge is 0.394 e. The first-order chi connectivity index (χ1) is 7.62. The van der Waals surface area contributed by atoms with Gasteiger partial charge in [0.05, 0.1) is 0 Å². The van der Waals surface area contributed by atoms with Crippen LogP contribution >= 0.6 is 0 Å². The van der Waals surface area contributed by atoms with Gasteiger partial charge in [0.15, 0.2) is 0 Å². The Labute approximate surface area is 97.9 Å². The molecule has 0 spiro atoms. The molecule has 0 saturated carbocycles. The summed E-state index contributed by atoms with van der Waals surface area (Å²) in [6.07, 6.45) is 4.33. The molecule has 0 atom stereocenters. The van der Waals surface area contributed by atoms with Crippen LogP contribution in [-0.4, -0.2) is 7.05 Å². The van der Waals surface area contributed by atoms with Gasteiger partial charge in [0, 0.05) is 18.7 Å². The Kier molecular flexibility index (Phi) is 2.63. The fourth-order valence-electron chi connectivity index (χ4n) is 2.60. The average molecular weight is 213 g/mol. The molecule has 1 aliphatic carbocycles. The van der Waals surface area contributed by atoms with Gasteiger partial charge < -0.3 is 5.32 Å². The Morgan fingerprint density at radius 1 is 1.19 bits per heavy atom. The second-order valence-electron chi connectivity index (χ2n) is 4.72. The van der Waals surface area contributed by atoms with E-state index in [0.717, 1.165) is 0 Å². The fraction of sp³-hybridized carbons (Fsp3) is 0.333. The third-order valence-corrected chi connectivity index (χ3v) is 3.43. The number of hydrogen-bond acceptors (Lipinski definition) is 1. The summed E-state index contributed by atoms with van der Waals surface area (Å²) in [6.45, 7) is 6.67. The summed E-state index contributed by atoms with van der Waals surface area (Å²) in [4.78, 5) is 0. The summed E-state index contributed by atoms with van der Waals surface area (Å²) in [5.41, 5.74) is 5.62. The summed E-state index contributed by atoms with van der Waals surface area (Å²) < 4.78 is 0. The second kappa shape index (κ2) is 3.82. The normalized spacial score (nSPS) is 22.5. The lowest BCUT2D eigenvalue weighted by Gasteiger charge is -2.21. The van der Waals surface area contributed by atoms with Crippen molar-refractivity contribution in [2.24, 2.45) is 0 Å². The van der Waals surface area contributed by atoms with E-state index >= 15 is 0 Å². The van der Waals surface area contributed by atoms with E-state index in [2.05, 4.69) is 62.6 Å². The Morgan fingerprint density at radius 2 is 1.88 bits per heavy atom. The molecule has 0 bridgehead atoms. The Balaban J connectivity index is 2.70. The number of rotatable bonds is 1. The van der Waals surface area contributed by atoms with Crippen LogP contribution in [0.3, 0.4) is 0 Å². The van der Waals surface area contributed by atoms with E-state index in [1.807, 2.05) is 7.05 Å².